The average Bonchev–Trinajstić information content (AvgIpc) is 2.45. The Kier molecular flexibility index (Phi) is 4.66. The van der Waals surface area contributed by atoms with Crippen molar-refractivity contribution in [3.05, 3.63) is 42.0 Å². The second-order valence-corrected chi connectivity index (χ2v) is 5.24. The van der Waals surface area contributed by atoms with Crippen LogP contribution in [-0.4, -0.2) is 43.7 Å². The lowest BCUT2D eigenvalue weighted by molar-refractivity contribution is 0.195. The van der Waals surface area contributed by atoms with Crippen LogP contribution in [0.5, 0.6) is 0 Å². The van der Waals surface area contributed by atoms with E-state index in [1.165, 1.54) is 16.8 Å². The van der Waals surface area contributed by atoms with Gasteiger partial charge < -0.3 is 15.1 Å². The van der Waals surface area contributed by atoms with Crippen LogP contribution in [-0.2, 0) is 0 Å². The summed E-state index contributed by atoms with van der Waals surface area (Å²) in [6.07, 6.45) is 1.70. The van der Waals surface area contributed by atoms with Gasteiger partial charge in [0, 0.05) is 38.4 Å². The second-order valence-electron chi connectivity index (χ2n) is 5.24. The van der Waals surface area contributed by atoms with Crippen molar-refractivity contribution >= 4 is 11.7 Å². The molecule has 1 aliphatic rings. The normalized spacial score (nSPS) is 15.1. The monoisotopic (exact) mass is 273 g/mol. The number of urea groups is 1. The number of rotatable bonds is 3. The summed E-state index contributed by atoms with van der Waals surface area (Å²) in [4.78, 5) is 16.1. The standard InChI is InChI=1S/C16H23N3O/c1-4-7-17-16(20)19-10-8-18(9-11-19)15-6-5-13(2)12-14(15)3/h4-6,12H,1,7-11H2,2-3H3,(H,17,20). The van der Waals surface area contributed by atoms with Crippen molar-refractivity contribution in [2.45, 2.75) is 13.8 Å². The van der Waals surface area contributed by atoms with Gasteiger partial charge in [-0.05, 0) is 25.5 Å². The third kappa shape index (κ3) is 3.32. The molecule has 1 heterocycles. The number of piperazine rings is 1. The van der Waals surface area contributed by atoms with Crippen molar-refractivity contribution in [3.8, 4) is 0 Å². The molecule has 1 aromatic carbocycles. The van der Waals surface area contributed by atoms with E-state index in [1.807, 2.05) is 4.90 Å². The van der Waals surface area contributed by atoms with Crippen LogP contribution in [0.25, 0.3) is 0 Å². The molecule has 1 N–H and O–H groups in total. The highest BCUT2D eigenvalue weighted by Crippen LogP contribution is 2.22. The maximum atomic E-state index is 11.9. The van der Waals surface area contributed by atoms with E-state index < -0.39 is 0 Å². The van der Waals surface area contributed by atoms with Crippen LogP contribution in [0, 0.1) is 13.8 Å². The van der Waals surface area contributed by atoms with Gasteiger partial charge in [-0.15, -0.1) is 6.58 Å². The van der Waals surface area contributed by atoms with Crippen molar-refractivity contribution in [2.75, 3.05) is 37.6 Å². The molecule has 1 aliphatic heterocycles. The third-order valence-corrected chi connectivity index (χ3v) is 3.66. The number of aryl methyl sites for hydroxylation is 2. The molecule has 1 aromatic rings. The Bertz CT molecular complexity index is 490. The molecule has 0 aliphatic carbocycles. The highest BCUT2D eigenvalue weighted by atomic mass is 16.2. The van der Waals surface area contributed by atoms with Gasteiger partial charge in [-0.25, -0.2) is 4.79 Å². The van der Waals surface area contributed by atoms with Crippen molar-refractivity contribution in [1.82, 2.24) is 10.2 Å². The van der Waals surface area contributed by atoms with E-state index >= 15 is 0 Å². The molecule has 1 saturated heterocycles. The summed E-state index contributed by atoms with van der Waals surface area (Å²) in [5, 5.41) is 2.83. The SMILES string of the molecule is C=CCNC(=O)N1CCN(c2ccc(C)cc2C)CC1. The predicted octanol–water partition coefficient (Wildman–Crippen LogP) is 2.32. The lowest BCUT2D eigenvalue weighted by atomic mass is 10.1. The number of hydrogen-bond donors (Lipinski definition) is 1. The fourth-order valence-electron chi connectivity index (χ4n) is 2.58. The van der Waals surface area contributed by atoms with Gasteiger partial charge in [0.05, 0.1) is 0 Å². The van der Waals surface area contributed by atoms with Crippen LogP contribution in [0.1, 0.15) is 11.1 Å². The number of hydrogen-bond acceptors (Lipinski definition) is 2. The number of nitrogens with zero attached hydrogens (tertiary/aromatic N) is 2. The summed E-state index contributed by atoms with van der Waals surface area (Å²) in [7, 11) is 0. The number of amides is 2. The Morgan fingerprint density at radius 1 is 1.30 bits per heavy atom. The zero-order valence-electron chi connectivity index (χ0n) is 12.4. The minimum Gasteiger partial charge on any atom is -0.368 e. The topological polar surface area (TPSA) is 35.6 Å². The zero-order valence-corrected chi connectivity index (χ0v) is 12.4. The van der Waals surface area contributed by atoms with Crippen LogP contribution in [0.4, 0.5) is 10.5 Å². The molecule has 1 fully saturated rings. The molecule has 0 atom stereocenters. The molecular formula is C16H23N3O. The molecule has 4 heteroatoms. The summed E-state index contributed by atoms with van der Waals surface area (Å²) < 4.78 is 0. The first kappa shape index (κ1) is 14.4. The van der Waals surface area contributed by atoms with Crippen LogP contribution < -0.4 is 10.2 Å². The van der Waals surface area contributed by atoms with E-state index in [9.17, 15) is 4.79 Å². The first-order valence-corrected chi connectivity index (χ1v) is 7.07. The summed E-state index contributed by atoms with van der Waals surface area (Å²) in [6.45, 7) is 11.7. The number of carbonyl (C=O) groups excluding carboxylic acids is 1. The van der Waals surface area contributed by atoms with Gasteiger partial charge in [0.2, 0.25) is 0 Å². The molecule has 0 spiro atoms. The minimum absolute atomic E-state index is 0.00479. The quantitative estimate of drug-likeness (QED) is 0.858. The highest BCUT2D eigenvalue weighted by Gasteiger charge is 2.21. The largest absolute Gasteiger partial charge is 0.368 e. The van der Waals surface area contributed by atoms with Gasteiger partial charge in [-0.3, -0.25) is 0 Å². The molecule has 20 heavy (non-hydrogen) atoms. The van der Waals surface area contributed by atoms with Crippen molar-refractivity contribution in [3.63, 3.8) is 0 Å². The summed E-state index contributed by atoms with van der Waals surface area (Å²) in [5.41, 5.74) is 3.87. The van der Waals surface area contributed by atoms with Crippen LogP contribution >= 0.6 is 0 Å². The number of nitrogens with one attached hydrogen (secondary N) is 1. The maximum absolute atomic E-state index is 11.9. The summed E-state index contributed by atoms with van der Waals surface area (Å²) >= 11 is 0. The molecule has 2 rings (SSSR count). The first-order chi connectivity index (χ1) is 9.61. The third-order valence-electron chi connectivity index (χ3n) is 3.66. The van der Waals surface area contributed by atoms with Crippen molar-refractivity contribution in [2.24, 2.45) is 0 Å². The van der Waals surface area contributed by atoms with E-state index in [2.05, 4.69) is 48.8 Å². The van der Waals surface area contributed by atoms with Gasteiger partial charge in [0.15, 0.2) is 0 Å². The molecule has 0 radical (unpaired) electrons. The van der Waals surface area contributed by atoms with Gasteiger partial charge >= 0.3 is 6.03 Å². The molecule has 0 unspecified atom stereocenters. The summed E-state index contributed by atoms with van der Waals surface area (Å²) in [6, 6.07) is 6.53. The second kappa shape index (κ2) is 6.46. The lowest BCUT2D eigenvalue weighted by Gasteiger charge is -2.36. The van der Waals surface area contributed by atoms with Crippen LogP contribution in [0.2, 0.25) is 0 Å². The zero-order chi connectivity index (χ0) is 14.5. The molecule has 0 bridgehead atoms. The van der Waals surface area contributed by atoms with Gasteiger partial charge in [0.1, 0.15) is 0 Å². The average molecular weight is 273 g/mol. The van der Waals surface area contributed by atoms with E-state index in [0.29, 0.717) is 6.54 Å². The maximum Gasteiger partial charge on any atom is 0.317 e. The Morgan fingerprint density at radius 2 is 2.00 bits per heavy atom. The Morgan fingerprint density at radius 3 is 2.60 bits per heavy atom. The minimum atomic E-state index is 0.00479. The Hall–Kier alpha value is -1.97. The first-order valence-electron chi connectivity index (χ1n) is 7.07. The molecule has 108 valence electrons. The van der Waals surface area contributed by atoms with Crippen molar-refractivity contribution in [1.29, 1.82) is 0 Å². The van der Waals surface area contributed by atoms with Gasteiger partial charge in [0.25, 0.3) is 0 Å². The van der Waals surface area contributed by atoms with Crippen molar-refractivity contribution < 1.29 is 4.79 Å². The smallest absolute Gasteiger partial charge is 0.317 e. The van der Waals surface area contributed by atoms with Crippen LogP contribution in [0.3, 0.4) is 0 Å². The Labute approximate surface area is 121 Å². The predicted molar refractivity (Wildman–Crippen MR) is 83.3 cm³/mol. The fraction of sp³-hybridized carbons (Fsp3) is 0.438. The Balaban J connectivity index is 1.94. The van der Waals surface area contributed by atoms with E-state index in [1.54, 1.807) is 6.08 Å². The van der Waals surface area contributed by atoms with Crippen LogP contribution in [0.15, 0.2) is 30.9 Å². The lowest BCUT2D eigenvalue weighted by Crippen LogP contribution is -2.52. The number of benzene rings is 1. The van der Waals surface area contributed by atoms with E-state index in [0.717, 1.165) is 26.2 Å². The number of carbonyl (C=O) groups is 1. The van der Waals surface area contributed by atoms with E-state index in [4.69, 9.17) is 0 Å². The van der Waals surface area contributed by atoms with Gasteiger partial charge in [-0.2, -0.15) is 0 Å². The molecule has 2 amide bonds. The number of anilines is 1. The van der Waals surface area contributed by atoms with E-state index in [-0.39, 0.29) is 6.03 Å². The molecule has 0 saturated carbocycles. The van der Waals surface area contributed by atoms with Gasteiger partial charge in [-0.1, -0.05) is 23.8 Å². The fourth-order valence-corrected chi connectivity index (χ4v) is 2.58. The molecular weight excluding hydrogens is 250 g/mol. The molecule has 4 nitrogen and oxygen atoms in total. The molecule has 0 aromatic heterocycles. The summed E-state index contributed by atoms with van der Waals surface area (Å²) in [5.74, 6) is 0. The highest BCUT2D eigenvalue weighted by molar-refractivity contribution is 5.74.